The van der Waals surface area contributed by atoms with Crippen LogP contribution in [0.2, 0.25) is 0 Å². The van der Waals surface area contributed by atoms with Gasteiger partial charge in [0.1, 0.15) is 23.2 Å². The standard InChI is InChI=1S/C13H14FN3OS/c1-2-17-7-9(6-16-17)8-18-11-5-3-4-10(14)12(11)13(15)19/h3-7H,2,8H2,1H3,(H2,15,19). The first-order chi connectivity index (χ1) is 9.11. The molecule has 2 aromatic rings. The number of rotatable bonds is 5. The van der Waals surface area contributed by atoms with Gasteiger partial charge >= 0.3 is 0 Å². The van der Waals surface area contributed by atoms with Crippen LogP contribution in [0.5, 0.6) is 5.75 Å². The van der Waals surface area contributed by atoms with Crippen molar-refractivity contribution >= 4 is 17.2 Å². The maximum Gasteiger partial charge on any atom is 0.137 e. The average Bonchev–Trinajstić information content (AvgIpc) is 2.83. The lowest BCUT2D eigenvalue weighted by Gasteiger charge is -2.10. The van der Waals surface area contributed by atoms with E-state index in [9.17, 15) is 4.39 Å². The number of hydrogen-bond donors (Lipinski definition) is 1. The Morgan fingerprint density at radius 3 is 2.95 bits per heavy atom. The smallest absolute Gasteiger partial charge is 0.137 e. The zero-order valence-corrected chi connectivity index (χ0v) is 11.3. The minimum absolute atomic E-state index is 0.0163. The maximum atomic E-state index is 13.6. The van der Waals surface area contributed by atoms with E-state index in [1.807, 2.05) is 13.1 Å². The van der Waals surface area contributed by atoms with Crippen molar-refractivity contribution in [2.45, 2.75) is 20.1 Å². The van der Waals surface area contributed by atoms with Crippen LogP contribution in [0.25, 0.3) is 0 Å². The zero-order chi connectivity index (χ0) is 13.8. The van der Waals surface area contributed by atoms with Gasteiger partial charge in [0.15, 0.2) is 0 Å². The van der Waals surface area contributed by atoms with Gasteiger partial charge in [-0.05, 0) is 19.1 Å². The number of ether oxygens (including phenoxy) is 1. The van der Waals surface area contributed by atoms with Gasteiger partial charge in [-0.1, -0.05) is 18.3 Å². The van der Waals surface area contributed by atoms with E-state index in [1.54, 1.807) is 23.0 Å². The molecule has 1 aromatic carbocycles. The summed E-state index contributed by atoms with van der Waals surface area (Å²) in [5.41, 5.74) is 6.55. The molecule has 0 spiro atoms. The number of halogens is 1. The lowest BCUT2D eigenvalue weighted by molar-refractivity contribution is 0.304. The summed E-state index contributed by atoms with van der Waals surface area (Å²) in [4.78, 5) is -0.0163. The summed E-state index contributed by atoms with van der Waals surface area (Å²) in [6.07, 6.45) is 3.59. The third-order valence-electron chi connectivity index (χ3n) is 2.63. The van der Waals surface area contributed by atoms with Gasteiger partial charge < -0.3 is 10.5 Å². The van der Waals surface area contributed by atoms with Crippen LogP contribution in [0, 0.1) is 5.82 Å². The van der Waals surface area contributed by atoms with E-state index in [4.69, 9.17) is 22.7 Å². The quantitative estimate of drug-likeness (QED) is 0.853. The lowest BCUT2D eigenvalue weighted by atomic mass is 10.2. The maximum absolute atomic E-state index is 13.6. The monoisotopic (exact) mass is 279 g/mol. The summed E-state index contributed by atoms with van der Waals surface area (Å²) in [5, 5.41) is 4.13. The second kappa shape index (κ2) is 5.79. The molecule has 4 nitrogen and oxygen atoms in total. The summed E-state index contributed by atoms with van der Waals surface area (Å²) < 4.78 is 21.0. The summed E-state index contributed by atoms with van der Waals surface area (Å²) in [7, 11) is 0. The molecule has 2 N–H and O–H groups in total. The first kappa shape index (κ1) is 13.5. The molecule has 0 amide bonds. The number of nitrogens with two attached hydrogens (primary N) is 1. The van der Waals surface area contributed by atoms with Gasteiger partial charge in [-0.2, -0.15) is 5.10 Å². The molecule has 6 heteroatoms. The molecular weight excluding hydrogens is 265 g/mol. The number of nitrogens with zero attached hydrogens (tertiary/aromatic N) is 2. The Kier molecular flexibility index (Phi) is 4.11. The first-order valence-corrected chi connectivity index (χ1v) is 6.25. The van der Waals surface area contributed by atoms with E-state index in [-0.39, 0.29) is 10.6 Å². The molecule has 0 unspecified atom stereocenters. The van der Waals surface area contributed by atoms with Gasteiger partial charge in [0.25, 0.3) is 0 Å². The van der Waals surface area contributed by atoms with Crippen molar-refractivity contribution in [2.75, 3.05) is 0 Å². The Labute approximate surface area is 116 Å². The van der Waals surface area contributed by atoms with Crippen molar-refractivity contribution in [3.8, 4) is 5.75 Å². The van der Waals surface area contributed by atoms with Crippen LogP contribution in [0.1, 0.15) is 18.1 Å². The third kappa shape index (κ3) is 3.08. The number of benzene rings is 1. The molecule has 2 rings (SSSR count). The number of aromatic nitrogens is 2. The predicted molar refractivity (Wildman–Crippen MR) is 74.5 cm³/mol. The minimum Gasteiger partial charge on any atom is -0.488 e. The molecule has 0 radical (unpaired) electrons. The van der Waals surface area contributed by atoms with E-state index in [0.717, 1.165) is 12.1 Å². The molecule has 0 aliphatic carbocycles. The number of hydrogen-bond acceptors (Lipinski definition) is 3. The van der Waals surface area contributed by atoms with Crippen LogP contribution in [0.3, 0.4) is 0 Å². The molecule has 1 heterocycles. The van der Waals surface area contributed by atoms with Crippen LogP contribution >= 0.6 is 12.2 Å². The van der Waals surface area contributed by atoms with Gasteiger partial charge in [0, 0.05) is 18.3 Å². The predicted octanol–water partition coefficient (Wildman–Crippen LogP) is 2.26. The Balaban J connectivity index is 2.15. The molecule has 1 aromatic heterocycles. The highest BCUT2D eigenvalue weighted by Gasteiger charge is 2.12. The van der Waals surface area contributed by atoms with Crippen molar-refractivity contribution < 1.29 is 9.13 Å². The Hall–Kier alpha value is -1.95. The summed E-state index contributed by atoms with van der Waals surface area (Å²) >= 11 is 4.83. The minimum atomic E-state index is -0.478. The normalized spacial score (nSPS) is 10.4. The van der Waals surface area contributed by atoms with Crippen LogP contribution in [0.15, 0.2) is 30.6 Å². The van der Waals surface area contributed by atoms with Crippen molar-refractivity contribution in [2.24, 2.45) is 5.73 Å². The highest BCUT2D eigenvalue weighted by atomic mass is 32.1. The largest absolute Gasteiger partial charge is 0.488 e. The molecule has 0 saturated carbocycles. The SMILES string of the molecule is CCn1cc(COc2cccc(F)c2C(N)=S)cn1. The second-order valence-electron chi connectivity index (χ2n) is 3.97. The van der Waals surface area contributed by atoms with Crippen molar-refractivity contribution in [3.05, 3.63) is 47.5 Å². The molecular formula is C13H14FN3OS. The van der Waals surface area contributed by atoms with E-state index in [0.29, 0.717) is 12.4 Å². The fourth-order valence-electron chi connectivity index (χ4n) is 1.68. The molecule has 19 heavy (non-hydrogen) atoms. The molecule has 0 atom stereocenters. The van der Waals surface area contributed by atoms with Gasteiger partial charge in [0.05, 0.1) is 11.8 Å². The molecule has 0 fully saturated rings. The Morgan fingerprint density at radius 2 is 2.32 bits per heavy atom. The van der Waals surface area contributed by atoms with E-state index < -0.39 is 5.82 Å². The van der Waals surface area contributed by atoms with Gasteiger partial charge in [0.2, 0.25) is 0 Å². The zero-order valence-electron chi connectivity index (χ0n) is 10.5. The topological polar surface area (TPSA) is 53.1 Å². The Bertz CT molecular complexity index is 597. The van der Waals surface area contributed by atoms with Crippen LogP contribution in [-0.4, -0.2) is 14.8 Å². The second-order valence-corrected chi connectivity index (χ2v) is 4.41. The molecule has 100 valence electrons. The highest BCUT2D eigenvalue weighted by molar-refractivity contribution is 7.80. The summed E-state index contributed by atoms with van der Waals surface area (Å²) in [6, 6.07) is 4.50. The third-order valence-corrected chi connectivity index (χ3v) is 2.83. The fourth-order valence-corrected chi connectivity index (χ4v) is 1.88. The van der Waals surface area contributed by atoms with Gasteiger partial charge in [-0.25, -0.2) is 4.39 Å². The van der Waals surface area contributed by atoms with Gasteiger partial charge in [-0.3, -0.25) is 4.68 Å². The van der Waals surface area contributed by atoms with Crippen LogP contribution in [-0.2, 0) is 13.2 Å². The van der Waals surface area contributed by atoms with E-state index in [1.165, 1.54) is 6.07 Å². The van der Waals surface area contributed by atoms with Gasteiger partial charge in [-0.15, -0.1) is 0 Å². The van der Waals surface area contributed by atoms with Crippen molar-refractivity contribution in [1.82, 2.24) is 9.78 Å². The fraction of sp³-hybridized carbons (Fsp3) is 0.231. The summed E-state index contributed by atoms with van der Waals surface area (Å²) in [5.74, 6) is -0.133. The van der Waals surface area contributed by atoms with Crippen molar-refractivity contribution in [3.63, 3.8) is 0 Å². The average molecular weight is 279 g/mol. The molecule has 0 aliphatic heterocycles. The van der Waals surface area contributed by atoms with Crippen molar-refractivity contribution in [1.29, 1.82) is 0 Å². The molecule has 0 saturated heterocycles. The number of thiocarbonyl (C=S) groups is 1. The van der Waals surface area contributed by atoms with Crippen LogP contribution in [0.4, 0.5) is 4.39 Å². The van der Waals surface area contributed by atoms with E-state index >= 15 is 0 Å². The number of aryl methyl sites for hydroxylation is 1. The highest BCUT2D eigenvalue weighted by Crippen LogP contribution is 2.22. The van der Waals surface area contributed by atoms with Crippen LogP contribution < -0.4 is 10.5 Å². The van der Waals surface area contributed by atoms with E-state index in [2.05, 4.69) is 5.10 Å². The molecule has 0 aliphatic rings. The molecule has 0 bridgehead atoms. The summed E-state index contributed by atoms with van der Waals surface area (Å²) in [6.45, 7) is 3.08. The lowest BCUT2D eigenvalue weighted by Crippen LogP contribution is -2.14. The first-order valence-electron chi connectivity index (χ1n) is 5.84. The Morgan fingerprint density at radius 1 is 1.53 bits per heavy atom.